The van der Waals surface area contributed by atoms with E-state index in [1.807, 2.05) is 20.8 Å². The van der Waals surface area contributed by atoms with E-state index in [0.717, 1.165) is 0 Å². The van der Waals surface area contributed by atoms with Gasteiger partial charge in [0.15, 0.2) is 0 Å². The van der Waals surface area contributed by atoms with Crippen LogP contribution in [-0.4, -0.2) is 34.6 Å². The molecule has 0 unspecified atom stereocenters. The summed E-state index contributed by atoms with van der Waals surface area (Å²) in [5.41, 5.74) is 0.584. The molecule has 1 aromatic carbocycles. The van der Waals surface area contributed by atoms with E-state index in [1.54, 1.807) is 17.8 Å². The molecule has 0 saturated carbocycles. The van der Waals surface area contributed by atoms with Crippen molar-refractivity contribution in [3.8, 4) is 5.75 Å². The Kier molecular flexibility index (Phi) is 5.44. The van der Waals surface area contributed by atoms with Crippen LogP contribution in [0.3, 0.4) is 0 Å². The molecule has 0 atom stereocenters. The molecule has 0 saturated heterocycles. The van der Waals surface area contributed by atoms with E-state index in [-0.39, 0.29) is 22.0 Å². The molecule has 1 rings (SSSR count). The Morgan fingerprint density at radius 2 is 2.00 bits per heavy atom. The van der Waals surface area contributed by atoms with Gasteiger partial charge < -0.3 is 15.2 Å². The Balaban J connectivity index is 2.74. The van der Waals surface area contributed by atoms with Crippen LogP contribution in [0.15, 0.2) is 18.2 Å². The fraction of sp³-hybridized carbons (Fsp3) is 0.429. The first-order valence-corrected chi connectivity index (χ1v) is 7.06. The van der Waals surface area contributed by atoms with E-state index < -0.39 is 5.97 Å². The zero-order valence-corrected chi connectivity index (χ0v) is 12.8. The molecule has 110 valence electrons. The van der Waals surface area contributed by atoms with Crippen LogP contribution in [0.25, 0.3) is 0 Å². The lowest BCUT2D eigenvalue weighted by Crippen LogP contribution is -2.19. The summed E-state index contributed by atoms with van der Waals surface area (Å²) in [4.78, 5) is 22.7. The molecule has 0 bridgehead atoms. The molecule has 0 radical (unpaired) electrons. The Labute approximate surface area is 122 Å². The van der Waals surface area contributed by atoms with E-state index >= 15 is 0 Å². The van der Waals surface area contributed by atoms with Crippen LogP contribution in [0.5, 0.6) is 5.75 Å². The van der Waals surface area contributed by atoms with Crippen LogP contribution >= 0.6 is 11.8 Å². The predicted molar refractivity (Wildman–Crippen MR) is 80.8 cm³/mol. The summed E-state index contributed by atoms with van der Waals surface area (Å²) in [6, 6.07) is 4.46. The Hall–Kier alpha value is -1.69. The van der Waals surface area contributed by atoms with E-state index in [9.17, 15) is 9.59 Å². The minimum atomic E-state index is -1.07. The van der Waals surface area contributed by atoms with Crippen LogP contribution in [0, 0.1) is 0 Å². The minimum Gasteiger partial charge on any atom is -0.496 e. The lowest BCUT2D eigenvalue weighted by Gasteiger charge is -2.17. The summed E-state index contributed by atoms with van der Waals surface area (Å²) in [6.07, 6.45) is 0. The van der Waals surface area contributed by atoms with Gasteiger partial charge >= 0.3 is 5.97 Å². The van der Waals surface area contributed by atoms with Gasteiger partial charge in [-0.15, -0.1) is 11.8 Å². The van der Waals surface area contributed by atoms with E-state index in [2.05, 4.69) is 5.32 Å². The standard InChI is InChI=1S/C14H19NO4S/c1-14(2,3)20-8-12(16)15-9-5-6-10(13(17)18)11(7-9)19-4/h5-7H,8H2,1-4H3,(H,15,16)(H,17,18). The van der Waals surface area contributed by atoms with Crippen molar-refractivity contribution in [1.29, 1.82) is 0 Å². The highest BCUT2D eigenvalue weighted by atomic mass is 32.2. The third kappa shape index (κ3) is 5.13. The number of nitrogens with one attached hydrogen (secondary N) is 1. The number of aromatic carboxylic acids is 1. The summed E-state index contributed by atoms with van der Waals surface area (Å²) in [7, 11) is 1.39. The number of anilines is 1. The van der Waals surface area contributed by atoms with Crippen LogP contribution in [0.4, 0.5) is 5.69 Å². The highest BCUT2D eigenvalue weighted by Gasteiger charge is 2.15. The van der Waals surface area contributed by atoms with Gasteiger partial charge in [0, 0.05) is 16.5 Å². The molecule has 6 heteroatoms. The van der Waals surface area contributed by atoms with Crippen molar-refractivity contribution in [3.63, 3.8) is 0 Å². The Morgan fingerprint density at radius 1 is 1.35 bits per heavy atom. The topological polar surface area (TPSA) is 75.6 Å². The molecule has 0 aliphatic rings. The number of carbonyl (C=O) groups is 2. The fourth-order valence-corrected chi connectivity index (χ4v) is 2.06. The largest absolute Gasteiger partial charge is 0.496 e. The number of carbonyl (C=O) groups excluding carboxylic acids is 1. The van der Waals surface area contributed by atoms with E-state index in [0.29, 0.717) is 11.4 Å². The summed E-state index contributed by atoms with van der Waals surface area (Å²) < 4.78 is 5.02. The first-order valence-electron chi connectivity index (χ1n) is 6.08. The molecule has 0 fully saturated rings. The van der Waals surface area contributed by atoms with Gasteiger partial charge in [0.05, 0.1) is 12.9 Å². The fourth-order valence-electron chi connectivity index (χ4n) is 1.42. The average Bonchev–Trinajstić information content (AvgIpc) is 2.35. The maximum atomic E-state index is 11.8. The molecule has 0 heterocycles. The predicted octanol–water partition coefficient (Wildman–Crippen LogP) is 2.86. The number of amides is 1. The number of carboxylic acids is 1. The van der Waals surface area contributed by atoms with Crippen molar-refractivity contribution >= 4 is 29.3 Å². The zero-order chi connectivity index (χ0) is 15.3. The van der Waals surface area contributed by atoms with Gasteiger partial charge in [-0.2, -0.15) is 0 Å². The maximum absolute atomic E-state index is 11.8. The van der Waals surface area contributed by atoms with Crippen molar-refractivity contribution in [3.05, 3.63) is 23.8 Å². The molecule has 0 spiro atoms. The second-order valence-corrected chi connectivity index (χ2v) is 6.97. The second-order valence-electron chi connectivity index (χ2n) is 5.17. The number of thioether (sulfide) groups is 1. The SMILES string of the molecule is COc1cc(NC(=O)CSC(C)(C)C)ccc1C(=O)O. The summed E-state index contributed by atoms with van der Waals surface area (Å²) in [6.45, 7) is 6.11. The number of benzene rings is 1. The van der Waals surface area contributed by atoms with Crippen molar-refractivity contribution in [2.24, 2.45) is 0 Å². The van der Waals surface area contributed by atoms with E-state index in [4.69, 9.17) is 9.84 Å². The summed E-state index contributed by atoms with van der Waals surface area (Å²) >= 11 is 1.54. The Bertz CT molecular complexity index is 508. The molecule has 1 amide bonds. The number of hydrogen-bond donors (Lipinski definition) is 2. The molecular formula is C14H19NO4S. The van der Waals surface area contributed by atoms with Gasteiger partial charge in [-0.25, -0.2) is 4.79 Å². The molecule has 2 N–H and O–H groups in total. The zero-order valence-electron chi connectivity index (χ0n) is 12.0. The average molecular weight is 297 g/mol. The number of methoxy groups -OCH3 is 1. The number of carboxylic acid groups (broad SMARTS) is 1. The van der Waals surface area contributed by atoms with Crippen LogP contribution in [0.1, 0.15) is 31.1 Å². The normalized spacial score (nSPS) is 11.0. The van der Waals surface area contributed by atoms with Crippen molar-refractivity contribution in [1.82, 2.24) is 0 Å². The van der Waals surface area contributed by atoms with Crippen molar-refractivity contribution in [2.75, 3.05) is 18.2 Å². The van der Waals surface area contributed by atoms with Gasteiger partial charge in [-0.05, 0) is 12.1 Å². The smallest absolute Gasteiger partial charge is 0.339 e. The van der Waals surface area contributed by atoms with Gasteiger partial charge in [0.1, 0.15) is 11.3 Å². The lowest BCUT2D eigenvalue weighted by molar-refractivity contribution is -0.113. The lowest BCUT2D eigenvalue weighted by atomic mass is 10.2. The van der Waals surface area contributed by atoms with E-state index in [1.165, 1.54) is 19.2 Å². The Morgan fingerprint density at radius 3 is 2.50 bits per heavy atom. The third-order valence-corrected chi connectivity index (χ3v) is 3.62. The molecule has 0 aromatic heterocycles. The first kappa shape index (κ1) is 16.4. The molecule has 1 aromatic rings. The highest BCUT2D eigenvalue weighted by Crippen LogP contribution is 2.25. The maximum Gasteiger partial charge on any atom is 0.339 e. The second kappa shape index (κ2) is 6.65. The van der Waals surface area contributed by atoms with Crippen molar-refractivity contribution < 1.29 is 19.4 Å². The molecule has 0 aliphatic carbocycles. The molecular weight excluding hydrogens is 278 g/mol. The van der Waals surface area contributed by atoms with Crippen LogP contribution in [0.2, 0.25) is 0 Å². The number of rotatable bonds is 5. The molecule has 0 aliphatic heterocycles. The van der Waals surface area contributed by atoms with Crippen LogP contribution in [-0.2, 0) is 4.79 Å². The first-order chi connectivity index (χ1) is 9.23. The summed E-state index contributed by atoms with van der Waals surface area (Å²) in [5.74, 6) is -0.635. The van der Waals surface area contributed by atoms with Gasteiger partial charge in [0.2, 0.25) is 5.91 Å². The third-order valence-electron chi connectivity index (χ3n) is 2.35. The van der Waals surface area contributed by atoms with Gasteiger partial charge in [0.25, 0.3) is 0 Å². The number of hydrogen-bond acceptors (Lipinski definition) is 4. The molecule has 20 heavy (non-hydrogen) atoms. The van der Waals surface area contributed by atoms with Gasteiger partial charge in [-0.1, -0.05) is 20.8 Å². The number of ether oxygens (including phenoxy) is 1. The minimum absolute atomic E-state index is 0.0161. The molecule has 5 nitrogen and oxygen atoms in total. The summed E-state index contributed by atoms with van der Waals surface area (Å²) in [5, 5.41) is 11.7. The van der Waals surface area contributed by atoms with Gasteiger partial charge in [-0.3, -0.25) is 4.79 Å². The quantitative estimate of drug-likeness (QED) is 0.874. The van der Waals surface area contributed by atoms with Crippen LogP contribution < -0.4 is 10.1 Å². The monoisotopic (exact) mass is 297 g/mol. The van der Waals surface area contributed by atoms with Crippen molar-refractivity contribution in [2.45, 2.75) is 25.5 Å². The highest BCUT2D eigenvalue weighted by molar-refractivity contribution is 8.01.